The molecule has 116 valence electrons. The van der Waals surface area contributed by atoms with Gasteiger partial charge in [0.1, 0.15) is 11.6 Å². The number of hydrogen-bond acceptors (Lipinski definition) is 3. The molecule has 0 saturated carbocycles. The van der Waals surface area contributed by atoms with Crippen molar-refractivity contribution in [2.75, 3.05) is 18.4 Å². The normalized spacial score (nSPS) is 22.1. The molecule has 1 aromatic rings. The third kappa shape index (κ3) is 4.11. The van der Waals surface area contributed by atoms with E-state index in [-0.39, 0.29) is 11.5 Å². The molecule has 22 heavy (non-hydrogen) atoms. The fourth-order valence-electron chi connectivity index (χ4n) is 3.04. The highest BCUT2D eigenvalue weighted by Gasteiger charge is 2.21. The van der Waals surface area contributed by atoms with Crippen LogP contribution < -0.4 is 5.32 Å². The largest absolute Gasteiger partial charge is 0.376 e. The van der Waals surface area contributed by atoms with Crippen molar-refractivity contribution in [2.45, 2.75) is 27.2 Å². The van der Waals surface area contributed by atoms with E-state index in [4.69, 9.17) is 0 Å². The summed E-state index contributed by atoms with van der Waals surface area (Å²) in [7, 11) is 0. The summed E-state index contributed by atoms with van der Waals surface area (Å²) in [6.45, 7) is 8.13. The summed E-state index contributed by atoms with van der Waals surface area (Å²) >= 11 is 0. The number of carbonyl (C=O) groups excluding carboxylic acids is 1. The topological polar surface area (TPSA) is 56.1 Å². The summed E-state index contributed by atoms with van der Waals surface area (Å²) < 4.78 is 0. The zero-order valence-corrected chi connectivity index (χ0v) is 13.5. The van der Waals surface area contributed by atoms with E-state index in [1.165, 1.54) is 6.42 Å². The summed E-state index contributed by atoms with van der Waals surface area (Å²) in [4.78, 5) is 14.4. The zero-order chi connectivity index (χ0) is 16.1. The minimum Gasteiger partial charge on any atom is -0.376 e. The van der Waals surface area contributed by atoms with Crippen molar-refractivity contribution in [3.05, 3.63) is 41.6 Å². The van der Waals surface area contributed by atoms with Gasteiger partial charge in [-0.05, 0) is 36.8 Å². The van der Waals surface area contributed by atoms with Gasteiger partial charge in [-0.15, -0.1) is 0 Å². The van der Waals surface area contributed by atoms with E-state index in [9.17, 15) is 10.1 Å². The number of aryl methyl sites for hydroxylation is 1. The number of amides is 1. The van der Waals surface area contributed by atoms with Gasteiger partial charge in [0.25, 0.3) is 5.91 Å². The SMILES string of the molecule is Cc1ccccc1NC(=O)/C(C#N)=C\N1CC(C)CC(C)C1. The molecule has 1 amide bonds. The maximum Gasteiger partial charge on any atom is 0.267 e. The monoisotopic (exact) mass is 297 g/mol. The van der Waals surface area contributed by atoms with Crippen molar-refractivity contribution >= 4 is 11.6 Å². The number of anilines is 1. The first-order valence-electron chi connectivity index (χ1n) is 7.72. The molecule has 1 heterocycles. The minimum absolute atomic E-state index is 0.157. The first-order chi connectivity index (χ1) is 10.5. The fourth-order valence-corrected chi connectivity index (χ4v) is 3.04. The Morgan fingerprint density at radius 2 is 1.95 bits per heavy atom. The van der Waals surface area contributed by atoms with E-state index in [2.05, 4.69) is 24.1 Å². The van der Waals surface area contributed by atoms with Crippen LogP contribution in [0.4, 0.5) is 5.69 Å². The van der Waals surface area contributed by atoms with Crippen LogP contribution in [0.15, 0.2) is 36.0 Å². The highest BCUT2D eigenvalue weighted by Crippen LogP contribution is 2.22. The van der Waals surface area contributed by atoms with E-state index in [1.807, 2.05) is 37.3 Å². The number of benzene rings is 1. The van der Waals surface area contributed by atoms with Crippen LogP contribution in [0.25, 0.3) is 0 Å². The lowest BCUT2D eigenvalue weighted by atomic mass is 9.92. The molecule has 2 rings (SSSR count). The van der Waals surface area contributed by atoms with Crippen LogP contribution in [0.3, 0.4) is 0 Å². The Hall–Kier alpha value is -2.28. The molecule has 1 aliphatic heterocycles. The molecule has 1 aromatic carbocycles. The highest BCUT2D eigenvalue weighted by molar-refractivity contribution is 6.06. The molecule has 0 aromatic heterocycles. The molecular weight excluding hydrogens is 274 g/mol. The third-order valence-corrected chi connectivity index (χ3v) is 3.97. The lowest BCUT2D eigenvalue weighted by molar-refractivity contribution is -0.112. The number of para-hydroxylation sites is 1. The number of nitriles is 1. The van der Waals surface area contributed by atoms with Crippen molar-refractivity contribution < 1.29 is 4.79 Å². The van der Waals surface area contributed by atoms with E-state index in [0.29, 0.717) is 11.8 Å². The molecule has 1 aliphatic rings. The van der Waals surface area contributed by atoms with Crippen LogP contribution in [0.1, 0.15) is 25.8 Å². The van der Waals surface area contributed by atoms with Crippen molar-refractivity contribution in [3.63, 3.8) is 0 Å². The molecule has 2 unspecified atom stereocenters. The van der Waals surface area contributed by atoms with Gasteiger partial charge in [0.2, 0.25) is 0 Å². The number of nitrogens with zero attached hydrogens (tertiary/aromatic N) is 2. The van der Waals surface area contributed by atoms with Gasteiger partial charge >= 0.3 is 0 Å². The molecule has 0 bridgehead atoms. The van der Waals surface area contributed by atoms with Crippen molar-refractivity contribution in [2.24, 2.45) is 11.8 Å². The molecule has 4 nitrogen and oxygen atoms in total. The average molecular weight is 297 g/mol. The quantitative estimate of drug-likeness (QED) is 0.688. The molecule has 1 N–H and O–H groups in total. The molecule has 0 radical (unpaired) electrons. The van der Waals surface area contributed by atoms with Crippen LogP contribution >= 0.6 is 0 Å². The van der Waals surface area contributed by atoms with Crippen LogP contribution in [-0.4, -0.2) is 23.9 Å². The second-order valence-corrected chi connectivity index (χ2v) is 6.32. The minimum atomic E-state index is -0.345. The lowest BCUT2D eigenvalue weighted by Crippen LogP contribution is -2.35. The molecule has 0 spiro atoms. The zero-order valence-electron chi connectivity index (χ0n) is 13.5. The molecule has 1 saturated heterocycles. The van der Waals surface area contributed by atoms with E-state index in [0.717, 1.165) is 24.3 Å². The fraction of sp³-hybridized carbons (Fsp3) is 0.444. The molecule has 0 aliphatic carbocycles. The number of hydrogen-bond donors (Lipinski definition) is 1. The average Bonchev–Trinajstić information content (AvgIpc) is 2.46. The number of nitrogens with one attached hydrogen (secondary N) is 1. The van der Waals surface area contributed by atoms with Gasteiger partial charge in [-0.3, -0.25) is 4.79 Å². The Morgan fingerprint density at radius 1 is 1.32 bits per heavy atom. The van der Waals surface area contributed by atoms with Crippen LogP contribution in [0.2, 0.25) is 0 Å². The molecular formula is C18H23N3O. The maximum absolute atomic E-state index is 12.3. The van der Waals surface area contributed by atoms with Crippen LogP contribution in [0.5, 0.6) is 0 Å². The number of piperidine rings is 1. The summed E-state index contributed by atoms with van der Waals surface area (Å²) in [5.41, 5.74) is 1.88. The van der Waals surface area contributed by atoms with Gasteiger partial charge in [0.05, 0.1) is 0 Å². The summed E-state index contributed by atoms with van der Waals surface area (Å²) in [6.07, 6.45) is 2.90. The predicted octanol–water partition coefficient (Wildman–Crippen LogP) is 3.32. The Kier molecular flexibility index (Phi) is 5.21. The van der Waals surface area contributed by atoms with Crippen LogP contribution in [0, 0.1) is 30.1 Å². The molecule has 2 atom stereocenters. The lowest BCUT2D eigenvalue weighted by Gasteiger charge is -2.34. The summed E-state index contributed by atoms with van der Waals surface area (Å²) in [5, 5.41) is 12.1. The molecule has 4 heteroatoms. The Morgan fingerprint density at radius 3 is 2.55 bits per heavy atom. The van der Waals surface area contributed by atoms with E-state index in [1.54, 1.807) is 6.20 Å². The van der Waals surface area contributed by atoms with Gasteiger partial charge in [0.15, 0.2) is 0 Å². The van der Waals surface area contributed by atoms with E-state index < -0.39 is 0 Å². The van der Waals surface area contributed by atoms with Crippen molar-refractivity contribution in [1.29, 1.82) is 5.26 Å². The van der Waals surface area contributed by atoms with Crippen molar-refractivity contribution in [3.8, 4) is 6.07 Å². The summed E-state index contributed by atoms with van der Waals surface area (Å²) in [5.74, 6) is 0.821. The third-order valence-electron chi connectivity index (χ3n) is 3.97. The van der Waals surface area contributed by atoms with Gasteiger partial charge in [0, 0.05) is 25.0 Å². The number of carbonyl (C=O) groups is 1. The van der Waals surface area contributed by atoms with Crippen LogP contribution in [-0.2, 0) is 4.79 Å². The van der Waals surface area contributed by atoms with Gasteiger partial charge in [-0.25, -0.2) is 0 Å². The van der Waals surface area contributed by atoms with Gasteiger partial charge in [-0.2, -0.15) is 5.26 Å². The predicted molar refractivity (Wildman–Crippen MR) is 88.0 cm³/mol. The summed E-state index contributed by atoms with van der Waals surface area (Å²) in [6, 6.07) is 9.58. The standard InChI is InChI=1S/C18H23N3O/c1-13-8-14(2)11-21(10-13)12-16(9-19)18(22)20-17-7-5-4-6-15(17)3/h4-7,12-14H,8,10-11H2,1-3H3,(H,20,22)/b16-12-. The second-order valence-electron chi connectivity index (χ2n) is 6.32. The van der Waals surface area contributed by atoms with Gasteiger partial charge in [-0.1, -0.05) is 32.0 Å². The van der Waals surface area contributed by atoms with Gasteiger partial charge < -0.3 is 10.2 Å². The first-order valence-corrected chi connectivity index (χ1v) is 7.72. The number of rotatable bonds is 3. The smallest absolute Gasteiger partial charge is 0.267 e. The Labute approximate surface area is 132 Å². The maximum atomic E-state index is 12.3. The van der Waals surface area contributed by atoms with E-state index >= 15 is 0 Å². The van der Waals surface area contributed by atoms with Crippen molar-refractivity contribution in [1.82, 2.24) is 4.90 Å². The Balaban J connectivity index is 2.10. The number of likely N-dealkylation sites (tertiary alicyclic amines) is 1. The first kappa shape index (κ1) is 16.1. The second kappa shape index (κ2) is 7.13. The Bertz CT molecular complexity index is 605. The molecule has 1 fully saturated rings. The highest BCUT2D eigenvalue weighted by atomic mass is 16.1.